The Labute approximate surface area is 80.2 Å². The molecule has 1 amide bonds. The first-order chi connectivity index (χ1) is 6.11. The smallest absolute Gasteiger partial charge is 0.246 e. The van der Waals surface area contributed by atoms with Crippen molar-refractivity contribution in [3.8, 4) is 0 Å². The van der Waals surface area contributed by atoms with E-state index in [0.29, 0.717) is 0 Å². The summed E-state index contributed by atoms with van der Waals surface area (Å²) in [6.07, 6.45) is 7.92. The fourth-order valence-electron chi connectivity index (χ4n) is 0.733. The predicted molar refractivity (Wildman–Crippen MR) is 56.4 cm³/mol. The van der Waals surface area contributed by atoms with Gasteiger partial charge in [0, 0.05) is 20.2 Å². The van der Waals surface area contributed by atoms with Crippen LogP contribution in [0, 0.1) is 0 Å². The number of amides is 1. The van der Waals surface area contributed by atoms with Gasteiger partial charge < -0.3 is 4.90 Å². The first kappa shape index (κ1) is 11.7. The molecule has 0 rings (SSSR count). The number of rotatable bonds is 4. The Morgan fingerprint density at radius 2 is 2.08 bits per heavy atom. The van der Waals surface area contributed by atoms with Crippen LogP contribution in [-0.2, 0) is 4.79 Å². The van der Waals surface area contributed by atoms with Gasteiger partial charge in [-0.2, -0.15) is 0 Å². The van der Waals surface area contributed by atoms with E-state index in [-0.39, 0.29) is 5.91 Å². The average molecular weight is 179 g/mol. The molecule has 0 heterocycles. The van der Waals surface area contributed by atoms with Gasteiger partial charge in [-0.3, -0.25) is 4.79 Å². The maximum Gasteiger partial charge on any atom is 0.246 e. The highest BCUT2D eigenvalue weighted by Gasteiger charge is 1.94. The molecule has 0 atom stereocenters. The molecule has 0 spiro atoms. The lowest BCUT2D eigenvalue weighted by Gasteiger charge is -2.04. The van der Waals surface area contributed by atoms with E-state index in [1.807, 2.05) is 6.08 Å². The van der Waals surface area contributed by atoms with E-state index in [0.717, 1.165) is 12.0 Å². The zero-order valence-corrected chi connectivity index (χ0v) is 8.58. The van der Waals surface area contributed by atoms with Gasteiger partial charge in [0.15, 0.2) is 0 Å². The van der Waals surface area contributed by atoms with Crippen molar-refractivity contribution in [2.45, 2.75) is 13.3 Å². The summed E-state index contributed by atoms with van der Waals surface area (Å²) in [6.45, 7) is 5.72. The van der Waals surface area contributed by atoms with E-state index >= 15 is 0 Å². The van der Waals surface area contributed by atoms with Crippen molar-refractivity contribution in [3.05, 3.63) is 36.5 Å². The normalized spacial score (nSPS) is 11.8. The fourth-order valence-corrected chi connectivity index (χ4v) is 0.733. The largest absolute Gasteiger partial charge is 0.345 e. The lowest BCUT2D eigenvalue weighted by atomic mass is 10.2. The quantitative estimate of drug-likeness (QED) is 0.478. The second-order valence-electron chi connectivity index (χ2n) is 2.89. The van der Waals surface area contributed by atoms with Crippen LogP contribution >= 0.6 is 0 Å². The number of nitrogens with zero attached hydrogens (tertiary/aromatic N) is 1. The van der Waals surface area contributed by atoms with Crippen LogP contribution in [0.1, 0.15) is 13.3 Å². The van der Waals surface area contributed by atoms with Crippen molar-refractivity contribution in [2.24, 2.45) is 0 Å². The van der Waals surface area contributed by atoms with Gasteiger partial charge in [0.25, 0.3) is 0 Å². The number of allylic oxidation sites excluding steroid dienone is 4. The van der Waals surface area contributed by atoms with Crippen molar-refractivity contribution < 1.29 is 4.79 Å². The molecule has 0 saturated carbocycles. The van der Waals surface area contributed by atoms with Gasteiger partial charge in [-0.25, -0.2) is 0 Å². The molecule has 0 aromatic rings. The van der Waals surface area contributed by atoms with Crippen molar-refractivity contribution in [2.75, 3.05) is 14.1 Å². The third-order valence-corrected chi connectivity index (χ3v) is 1.66. The molecule has 0 aliphatic carbocycles. The Morgan fingerprint density at radius 1 is 1.46 bits per heavy atom. The third kappa shape index (κ3) is 5.01. The summed E-state index contributed by atoms with van der Waals surface area (Å²) < 4.78 is 0. The maximum absolute atomic E-state index is 11.1. The number of likely N-dealkylation sites (N-methyl/N-ethyl adjacent to an activating group) is 1. The maximum atomic E-state index is 11.1. The number of carbonyl (C=O) groups excluding carboxylic acids is 1. The van der Waals surface area contributed by atoms with Gasteiger partial charge in [0.05, 0.1) is 0 Å². The molecule has 72 valence electrons. The lowest BCUT2D eigenvalue weighted by Crippen LogP contribution is -2.18. The van der Waals surface area contributed by atoms with Crippen molar-refractivity contribution in [1.29, 1.82) is 0 Å². The Balaban J connectivity index is 4.20. The SMILES string of the molecule is C=C/C(=C\C=C\C(=O)N(C)C)CC. The topological polar surface area (TPSA) is 20.3 Å². The van der Waals surface area contributed by atoms with Crippen LogP contribution < -0.4 is 0 Å². The zero-order valence-electron chi connectivity index (χ0n) is 8.58. The molecule has 13 heavy (non-hydrogen) atoms. The van der Waals surface area contributed by atoms with Crippen LogP contribution in [0.25, 0.3) is 0 Å². The van der Waals surface area contributed by atoms with Crippen molar-refractivity contribution in [1.82, 2.24) is 4.90 Å². The predicted octanol–water partition coefficient (Wildman–Crippen LogP) is 2.15. The summed E-state index contributed by atoms with van der Waals surface area (Å²) in [6, 6.07) is 0. The summed E-state index contributed by atoms with van der Waals surface area (Å²) in [5, 5.41) is 0. The Kier molecular flexibility index (Phi) is 5.60. The average Bonchev–Trinajstić information content (AvgIpc) is 2.12. The molecule has 0 saturated heterocycles. The minimum atomic E-state index is -0.00392. The van der Waals surface area contributed by atoms with E-state index in [1.165, 1.54) is 4.90 Å². The summed E-state index contributed by atoms with van der Waals surface area (Å²) in [5.74, 6) is -0.00392. The highest BCUT2D eigenvalue weighted by Crippen LogP contribution is 2.00. The van der Waals surface area contributed by atoms with E-state index in [4.69, 9.17) is 0 Å². The molecule has 0 aromatic heterocycles. The summed E-state index contributed by atoms with van der Waals surface area (Å²) >= 11 is 0. The van der Waals surface area contributed by atoms with E-state index in [1.54, 1.807) is 32.3 Å². The van der Waals surface area contributed by atoms with Crippen LogP contribution in [0.2, 0.25) is 0 Å². The Morgan fingerprint density at radius 3 is 2.46 bits per heavy atom. The molecule has 2 nitrogen and oxygen atoms in total. The molecule has 0 unspecified atom stereocenters. The molecule has 0 radical (unpaired) electrons. The van der Waals surface area contributed by atoms with Gasteiger partial charge >= 0.3 is 0 Å². The minimum Gasteiger partial charge on any atom is -0.345 e. The zero-order chi connectivity index (χ0) is 10.3. The second-order valence-corrected chi connectivity index (χ2v) is 2.89. The van der Waals surface area contributed by atoms with Crippen LogP contribution in [0.15, 0.2) is 36.5 Å². The highest BCUT2D eigenvalue weighted by molar-refractivity contribution is 5.87. The number of carbonyl (C=O) groups is 1. The van der Waals surface area contributed by atoms with Gasteiger partial charge in [0.1, 0.15) is 0 Å². The van der Waals surface area contributed by atoms with E-state index < -0.39 is 0 Å². The van der Waals surface area contributed by atoms with Gasteiger partial charge in [-0.15, -0.1) is 0 Å². The van der Waals surface area contributed by atoms with Crippen LogP contribution in [-0.4, -0.2) is 24.9 Å². The van der Waals surface area contributed by atoms with Gasteiger partial charge in [0.2, 0.25) is 5.91 Å². The molecular formula is C11H17NO. The lowest BCUT2D eigenvalue weighted by molar-refractivity contribution is -0.123. The first-order valence-corrected chi connectivity index (χ1v) is 4.32. The van der Waals surface area contributed by atoms with Crippen LogP contribution in [0.5, 0.6) is 0 Å². The van der Waals surface area contributed by atoms with Crippen molar-refractivity contribution >= 4 is 5.91 Å². The molecule has 0 aliphatic heterocycles. The van der Waals surface area contributed by atoms with Crippen LogP contribution in [0.3, 0.4) is 0 Å². The van der Waals surface area contributed by atoms with Crippen LogP contribution in [0.4, 0.5) is 0 Å². The molecule has 0 aliphatic rings. The van der Waals surface area contributed by atoms with Gasteiger partial charge in [-0.05, 0) is 12.0 Å². The minimum absolute atomic E-state index is 0.00392. The Hall–Kier alpha value is -1.31. The number of hydrogen-bond donors (Lipinski definition) is 0. The summed E-state index contributed by atoms with van der Waals surface area (Å²) in [7, 11) is 3.45. The van der Waals surface area contributed by atoms with Gasteiger partial charge in [-0.1, -0.05) is 31.7 Å². The summed E-state index contributed by atoms with van der Waals surface area (Å²) in [4.78, 5) is 12.6. The number of hydrogen-bond acceptors (Lipinski definition) is 1. The highest BCUT2D eigenvalue weighted by atomic mass is 16.2. The monoisotopic (exact) mass is 179 g/mol. The standard InChI is InChI=1S/C11H17NO/c1-5-10(6-2)8-7-9-11(13)12(3)4/h5,7-9H,1,6H2,2-4H3/b9-7+,10-8+. The fraction of sp³-hybridized carbons (Fsp3) is 0.364. The Bertz CT molecular complexity index is 236. The van der Waals surface area contributed by atoms with Crippen molar-refractivity contribution in [3.63, 3.8) is 0 Å². The second kappa shape index (κ2) is 6.23. The van der Waals surface area contributed by atoms with E-state index in [9.17, 15) is 4.79 Å². The molecule has 0 bridgehead atoms. The molecule has 0 fully saturated rings. The van der Waals surface area contributed by atoms with E-state index in [2.05, 4.69) is 13.5 Å². The third-order valence-electron chi connectivity index (χ3n) is 1.66. The molecule has 0 N–H and O–H groups in total. The summed E-state index contributed by atoms with van der Waals surface area (Å²) in [5.41, 5.74) is 1.13. The first-order valence-electron chi connectivity index (χ1n) is 4.32. The molecular weight excluding hydrogens is 162 g/mol. The molecule has 0 aromatic carbocycles. The molecule has 2 heteroatoms.